The van der Waals surface area contributed by atoms with E-state index in [0.717, 1.165) is 11.3 Å². The number of hydrogen-bond donors (Lipinski definition) is 0. The van der Waals surface area contributed by atoms with Crippen LogP contribution >= 0.6 is 11.9 Å². The number of allylic oxidation sites excluding steroid dienone is 1. The fraction of sp³-hybridized carbons (Fsp3) is 0.625. The van der Waals surface area contributed by atoms with Crippen LogP contribution in [-0.2, 0) is 0 Å². The minimum Gasteiger partial charge on any atom is -0.224 e. The highest BCUT2D eigenvalue weighted by atomic mass is 32.2. The van der Waals surface area contributed by atoms with Crippen molar-refractivity contribution >= 4 is 18.2 Å². The minimum atomic E-state index is 1.02. The van der Waals surface area contributed by atoms with Gasteiger partial charge >= 0.3 is 0 Å². The van der Waals surface area contributed by atoms with Crippen molar-refractivity contribution in [1.82, 2.24) is 0 Å². The summed E-state index contributed by atoms with van der Waals surface area (Å²) in [4.78, 5) is 0. The van der Waals surface area contributed by atoms with Crippen molar-refractivity contribution in [3.05, 3.63) is 12.2 Å². The van der Waals surface area contributed by atoms with Gasteiger partial charge in [0.1, 0.15) is 0 Å². The summed E-state index contributed by atoms with van der Waals surface area (Å²) in [6.45, 7) is 7.84. The van der Waals surface area contributed by atoms with Crippen LogP contribution < -0.4 is 0 Å². The topological polar surface area (TPSA) is 12.4 Å². The fourth-order valence-corrected chi connectivity index (χ4v) is 1.17. The zero-order valence-electron chi connectivity index (χ0n) is 6.76. The molecule has 0 aromatic heterocycles. The molecule has 0 heterocycles. The third kappa shape index (κ3) is 7.76. The molecule has 0 aliphatic carbocycles. The normalized spacial score (nSPS) is 10.6. The molecule has 0 bridgehead atoms. The third-order valence-corrected chi connectivity index (χ3v) is 1.66. The summed E-state index contributed by atoms with van der Waals surface area (Å²) in [5.74, 6) is 1.13. The van der Waals surface area contributed by atoms with Crippen LogP contribution in [0.25, 0.3) is 0 Å². The summed E-state index contributed by atoms with van der Waals surface area (Å²) in [5, 5.41) is 0. The molecule has 0 atom stereocenters. The van der Waals surface area contributed by atoms with Crippen molar-refractivity contribution in [2.45, 2.75) is 26.7 Å². The zero-order chi connectivity index (χ0) is 7.82. The van der Waals surface area contributed by atoms with Crippen molar-refractivity contribution in [1.29, 1.82) is 0 Å². The van der Waals surface area contributed by atoms with E-state index in [1.807, 2.05) is 6.92 Å². The molecule has 0 unspecified atom stereocenters. The first kappa shape index (κ1) is 9.76. The number of nitrogens with zero attached hydrogens (tertiary/aromatic N) is 1. The monoisotopic (exact) mass is 157 g/mol. The Labute approximate surface area is 67.8 Å². The highest BCUT2D eigenvalue weighted by Gasteiger charge is 1.81. The van der Waals surface area contributed by atoms with Crippen LogP contribution in [-0.4, -0.2) is 12.0 Å². The SMILES string of the molecule is C=C(C)C=NSCCCC. The summed E-state index contributed by atoms with van der Waals surface area (Å²) in [6, 6.07) is 0. The molecule has 1 nitrogen and oxygen atoms in total. The van der Waals surface area contributed by atoms with E-state index in [0.29, 0.717) is 0 Å². The molecule has 2 heteroatoms. The first-order valence-corrected chi connectivity index (χ1v) is 4.52. The maximum Gasteiger partial charge on any atom is 0.0374 e. The molecule has 10 heavy (non-hydrogen) atoms. The molecule has 0 aliphatic rings. The molecule has 0 aliphatic heterocycles. The maximum absolute atomic E-state index is 4.10. The average molecular weight is 157 g/mol. The molecule has 0 amide bonds. The quantitative estimate of drug-likeness (QED) is 0.339. The van der Waals surface area contributed by atoms with Gasteiger partial charge in [-0.05, 0) is 30.9 Å². The predicted molar refractivity (Wildman–Crippen MR) is 50.7 cm³/mol. The molecule has 0 spiro atoms. The first-order chi connectivity index (χ1) is 4.77. The van der Waals surface area contributed by atoms with Gasteiger partial charge < -0.3 is 0 Å². The van der Waals surface area contributed by atoms with Crippen molar-refractivity contribution in [3.63, 3.8) is 0 Å². The molecular formula is C8H15NS. The van der Waals surface area contributed by atoms with Crippen molar-refractivity contribution in [2.24, 2.45) is 4.40 Å². The Kier molecular flexibility index (Phi) is 6.71. The average Bonchev–Trinajstić information content (AvgIpc) is 1.87. The standard InChI is InChI=1S/C8H15NS/c1-4-5-6-10-9-7-8(2)3/h7H,2,4-6H2,1,3H3. The second-order valence-electron chi connectivity index (χ2n) is 2.27. The lowest BCUT2D eigenvalue weighted by molar-refractivity contribution is 0.897. The molecule has 0 radical (unpaired) electrons. The van der Waals surface area contributed by atoms with Gasteiger partial charge in [0.15, 0.2) is 0 Å². The lowest BCUT2D eigenvalue weighted by Gasteiger charge is -1.90. The van der Waals surface area contributed by atoms with E-state index in [1.54, 1.807) is 18.2 Å². The van der Waals surface area contributed by atoms with E-state index >= 15 is 0 Å². The van der Waals surface area contributed by atoms with E-state index in [9.17, 15) is 0 Å². The van der Waals surface area contributed by atoms with Crippen LogP contribution in [0, 0.1) is 0 Å². The van der Waals surface area contributed by atoms with Gasteiger partial charge in [0.25, 0.3) is 0 Å². The number of hydrogen-bond acceptors (Lipinski definition) is 2. The van der Waals surface area contributed by atoms with Crippen LogP contribution in [0.2, 0.25) is 0 Å². The lowest BCUT2D eigenvalue weighted by Crippen LogP contribution is -1.75. The zero-order valence-corrected chi connectivity index (χ0v) is 7.58. The van der Waals surface area contributed by atoms with Crippen LogP contribution in [0.15, 0.2) is 16.5 Å². The van der Waals surface area contributed by atoms with Gasteiger partial charge in [-0.1, -0.05) is 19.9 Å². The fourth-order valence-electron chi connectivity index (χ4n) is 0.389. The van der Waals surface area contributed by atoms with Crippen LogP contribution in [0.1, 0.15) is 26.7 Å². The molecule has 0 aromatic carbocycles. The summed E-state index contributed by atoms with van der Waals surface area (Å²) < 4.78 is 4.10. The molecule has 0 fully saturated rings. The minimum absolute atomic E-state index is 1.02. The third-order valence-electron chi connectivity index (χ3n) is 0.937. The summed E-state index contributed by atoms with van der Waals surface area (Å²) in [5.41, 5.74) is 1.02. The van der Waals surface area contributed by atoms with Gasteiger partial charge in [-0.15, -0.1) is 0 Å². The Balaban J connectivity index is 3.10. The van der Waals surface area contributed by atoms with Crippen molar-refractivity contribution in [2.75, 3.05) is 5.75 Å². The van der Waals surface area contributed by atoms with Crippen LogP contribution in [0.3, 0.4) is 0 Å². The molecule has 0 rings (SSSR count). The Morgan fingerprint density at radius 1 is 1.70 bits per heavy atom. The van der Waals surface area contributed by atoms with E-state index in [1.165, 1.54) is 12.8 Å². The Bertz CT molecular complexity index is 118. The summed E-state index contributed by atoms with van der Waals surface area (Å²) in [6.07, 6.45) is 4.30. The number of unbranched alkanes of at least 4 members (excludes halogenated alkanes) is 1. The first-order valence-electron chi connectivity index (χ1n) is 3.58. The molecule has 0 aromatic rings. The second-order valence-corrected chi connectivity index (χ2v) is 3.14. The second kappa shape index (κ2) is 6.87. The summed E-state index contributed by atoms with van der Waals surface area (Å²) in [7, 11) is 0. The Morgan fingerprint density at radius 2 is 2.40 bits per heavy atom. The lowest BCUT2D eigenvalue weighted by atomic mass is 10.4. The predicted octanol–water partition coefficient (Wildman–Crippen LogP) is 3.08. The van der Waals surface area contributed by atoms with Crippen molar-refractivity contribution < 1.29 is 0 Å². The van der Waals surface area contributed by atoms with E-state index in [4.69, 9.17) is 0 Å². The van der Waals surface area contributed by atoms with Crippen LogP contribution in [0.4, 0.5) is 0 Å². The van der Waals surface area contributed by atoms with Gasteiger partial charge in [-0.2, -0.15) is 0 Å². The van der Waals surface area contributed by atoms with Gasteiger partial charge in [-0.3, -0.25) is 0 Å². The Hall–Kier alpha value is -0.240. The highest BCUT2D eigenvalue weighted by Crippen LogP contribution is 2.04. The van der Waals surface area contributed by atoms with Gasteiger partial charge in [0, 0.05) is 12.0 Å². The van der Waals surface area contributed by atoms with Crippen LogP contribution in [0.5, 0.6) is 0 Å². The van der Waals surface area contributed by atoms with E-state index in [2.05, 4.69) is 17.9 Å². The van der Waals surface area contributed by atoms with Gasteiger partial charge in [0.2, 0.25) is 0 Å². The van der Waals surface area contributed by atoms with E-state index in [-0.39, 0.29) is 0 Å². The van der Waals surface area contributed by atoms with E-state index < -0.39 is 0 Å². The molecule has 0 saturated carbocycles. The van der Waals surface area contributed by atoms with Gasteiger partial charge in [-0.25, -0.2) is 4.40 Å². The van der Waals surface area contributed by atoms with Crippen molar-refractivity contribution in [3.8, 4) is 0 Å². The largest absolute Gasteiger partial charge is 0.224 e. The number of rotatable bonds is 5. The molecule has 0 N–H and O–H groups in total. The highest BCUT2D eigenvalue weighted by molar-refractivity contribution is 7.98. The molecule has 58 valence electrons. The molecule has 0 saturated heterocycles. The van der Waals surface area contributed by atoms with Gasteiger partial charge in [0.05, 0.1) is 0 Å². The smallest absolute Gasteiger partial charge is 0.0374 e. The Morgan fingerprint density at radius 3 is 2.90 bits per heavy atom. The maximum atomic E-state index is 4.10. The summed E-state index contributed by atoms with van der Waals surface area (Å²) >= 11 is 1.61. The molecular weight excluding hydrogens is 142 g/mol.